The average Bonchev–Trinajstić information content (AvgIpc) is 3.30. The summed E-state index contributed by atoms with van der Waals surface area (Å²) in [7, 11) is 0. The molecule has 1 atom stereocenters. The largest absolute Gasteiger partial charge is 0.573 e. The Hall–Kier alpha value is -5.06. The van der Waals surface area contributed by atoms with Crippen molar-refractivity contribution in [2.45, 2.75) is 40.1 Å². The number of hydrogen-bond acceptors (Lipinski definition) is 7. The Kier molecular flexibility index (Phi) is 7.65. The van der Waals surface area contributed by atoms with E-state index in [0.717, 1.165) is 18.2 Å². The number of amides is 2. The number of nitrogens with zero attached hydrogens (tertiary/aromatic N) is 5. The summed E-state index contributed by atoms with van der Waals surface area (Å²) in [5, 5.41) is 18.8. The third-order valence-electron chi connectivity index (χ3n) is 6.05. The number of nitriles is 1. The number of aryl methyl sites for hydroxylation is 1. The summed E-state index contributed by atoms with van der Waals surface area (Å²) >= 11 is 0. The molecule has 41 heavy (non-hydrogen) atoms. The molecule has 0 fully saturated rings. The number of benzene rings is 1. The number of fused-ring (bicyclic) bond motifs is 1. The van der Waals surface area contributed by atoms with Gasteiger partial charge in [-0.15, -0.1) is 13.2 Å². The molecule has 0 saturated carbocycles. The van der Waals surface area contributed by atoms with Crippen molar-refractivity contribution in [3.05, 3.63) is 71.4 Å². The molecule has 0 aliphatic carbocycles. The van der Waals surface area contributed by atoms with Crippen LogP contribution in [0.4, 0.5) is 23.4 Å². The van der Waals surface area contributed by atoms with Crippen molar-refractivity contribution in [3.8, 4) is 23.1 Å². The number of alkyl halides is 3. The molecule has 4 aromatic rings. The minimum absolute atomic E-state index is 0.136. The van der Waals surface area contributed by atoms with E-state index in [-0.39, 0.29) is 16.9 Å². The zero-order chi connectivity index (χ0) is 30.1. The van der Waals surface area contributed by atoms with Crippen LogP contribution in [0.1, 0.15) is 48.4 Å². The molecule has 2 N–H and O–H groups in total. The van der Waals surface area contributed by atoms with Crippen molar-refractivity contribution in [1.29, 1.82) is 5.26 Å². The van der Waals surface area contributed by atoms with E-state index in [4.69, 9.17) is 5.26 Å². The molecular weight excluding hydrogens is 546 g/mol. The number of pyridine rings is 1. The minimum atomic E-state index is -4.96. The Morgan fingerprint density at radius 2 is 1.88 bits per heavy atom. The highest BCUT2D eigenvalue weighted by atomic mass is 19.4. The van der Waals surface area contributed by atoms with Gasteiger partial charge in [-0.3, -0.25) is 14.6 Å². The van der Waals surface area contributed by atoms with Crippen LogP contribution in [0, 0.1) is 29.5 Å². The molecule has 2 amide bonds. The van der Waals surface area contributed by atoms with E-state index < -0.39 is 41.2 Å². The number of ether oxygens (including phenoxy) is 1. The third-order valence-corrected chi connectivity index (χ3v) is 6.05. The van der Waals surface area contributed by atoms with Gasteiger partial charge in [0.15, 0.2) is 11.5 Å². The lowest BCUT2D eigenvalue weighted by molar-refractivity contribution is -0.274. The summed E-state index contributed by atoms with van der Waals surface area (Å²) in [4.78, 5) is 33.9. The maximum atomic E-state index is 14.4. The standard InChI is InChI=1S/C27H23F4N7O3/c1-14-19(24(39)34-15(2)18-10-17(5-6-20(18)28)41-27(29,30)31)9-16(11-33-14)21-7-8-23-35-22(12-38(23)37-21)36-25(40)26(3,4)13-32/h5-12,15H,1-4H3,(H,34,39)(H,36,40)/t15-/m1/s1. The number of imidazole rings is 1. The molecule has 4 rings (SSSR count). The number of rotatable bonds is 7. The first-order valence-electron chi connectivity index (χ1n) is 12.1. The number of aromatic nitrogens is 4. The first-order valence-corrected chi connectivity index (χ1v) is 12.1. The number of nitrogens with one attached hydrogen (secondary N) is 2. The predicted molar refractivity (Wildman–Crippen MR) is 138 cm³/mol. The van der Waals surface area contributed by atoms with E-state index in [1.807, 2.05) is 6.07 Å². The summed E-state index contributed by atoms with van der Waals surface area (Å²) in [6.45, 7) is 5.96. The van der Waals surface area contributed by atoms with Gasteiger partial charge in [-0.05, 0) is 64.1 Å². The first kappa shape index (κ1) is 28.9. The second-order valence-electron chi connectivity index (χ2n) is 9.62. The zero-order valence-corrected chi connectivity index (χ0v) is 22.2. The molecule has 0 aliphatic rings. The number of carbonyl (C=O) groups is 2. The highest BCUT2D eigenvalue weighted by Gasteiger charge is 2.32. The van der Waals surface area contributed by atoms with Crippen molar-refractivity contribution in [2.24, 2.45) is 5.41 Å². The lowest BCUT2D eigenvalue weighted by atomic mass is 9.95. The lowest BCUT2D eigenvalue weighted by Gasteiger charge is -2.18. The Bertz CT molecular complexity index is 1690. The van der Waals surface area contributed by atoms with E-state index >= 15 is 0 Å². The number of halogens is 4. The van der Waals surface area contributed by atoms with Crippen LogP contribution in [-0.2, 0) is 4.79 Å². The molecule has 0 bridgehead atoms. The van der Waals surface area contributed by atoms with Crippen LogP contribution < -0.4 is 15.4 Å². The van der Waals surface area contributed by atoms with Crippen molar-refractivity contribution in [2.75, 3.05) is 5.32 Å². The first-order chi connectivity index (χ1) is 19.2. The number of hydrogen-bond donors (Lipinski definition) is 2. The topological polar surface area (TPSA) is 134 Å². The summed E-state index contributed by atoms with van der Waals surface area (Å²) in [6.07, 6.45) is -2.00. The van der Waals surface area contributed by atoms with Gasteiger partial charge in [-0.2, -0.15) is 10.4 Å². The number of carbonyl (C=O) groups excluding carboxylic acids is 2. The van der Waals surface area contributed by atoms with Crippen LogP contribution in [0.5, 0.6) is 5.75 Å². The smallest absolute Gasteiger partial charge is 0.406 e. The molecule has 3 heterocycles. The van der Waals surface area contributed by atoms with E-state index in [1.54, 1.807) is 19.1 Å². The maximum Gasteiger partial charge on any atom is 0.573 e. The summed E-state index contributed by atoms with van der Waals surface area (Å²) < 4.78 is 57.4. The SMILES string of the molecule is Cc1ncc(-c2ccc3nc(NC(=O)C(C)(C)C#N)cn3n2)cc1C(=O)N[C@H](C)c1cc(OC(F)(F)F)ccc1F. The van der Waals surface area contributed by atoms with Crippen LogP contribution in [-0.4, -0.2) is 37.8 Å². The lowest BCUT2D eigenvalue weighted by Crippen LogP contribution is -2.29. The molecule has 0 saturated heterocycles. The summed E-state index contributed by atoms with van der Waals surface area (Å²) in [5.41, 5.74) is 0.287. The summed E-state index contributed by atoms with van der Waals surface area (Å²) in [5.74, 6) is -2.42. The van der Waals surface area contributed by atoms with E-state index in [1.165, 1.54) is 43.7 Å². The minimum Gasteiger partial charge on any atom is -0.406 e. The Labute approximate surface area is 231 Å². The zero-order valence-electron chi connectivity index (χ0n) is 22.2. The highest BCUT2D eigenvalue weighted by Crippen LogP contribution is 2.28. The average molecular weight is 570 g/mol. The normalized spacial score (nSPS) is 12.5. The molecule has 0 aliphatic heterocycles. The van der Waals surface area contributed by atoms with Gasteiger partial charge in [0.1, 0.15) is 17.0 Å². The van der Waals surface area contributed by atoms with Crippen LogP contribution in [0.2, 0.25) is 0 Å². The molecule has 0 radical (unpaired) electrons. The fourth-order valence-corrected chi connectivity index (χ4v) is 3.73. The molecule has 10 nitrogen and oxygen atoms in total. The van der Waals surface area contributed by atoms with E-state index in [2.05, 4.69) is 30.4 Å². The second-order valence-corrected chi connectivity index (χ2v) is 9.62. The molecule has 0 unspecified atom stereocenters. The van der Waals surface area contributed by atoms with Gasteiger partial charge in [0.25, 0.3) is 5.91 Å². The molecule has 212 valence electrons. The molecule has 1 aromatic carbocycles. The Balaban J connectivity index is 1.56. The van der Waals surface area contributed by atoms with Gasteiger partial charge < -0.3 is 15.4 Å². The fourth-order valence-electron chi connectivity index (χ4n) is 3.73. The van der Waals surface area contributed by atoms with E-state index in [0.29, 0.717) is 22.6 Å². The van der Waals surface area contributed by atoms with Gasteiger partial charge >= 0.3 is 6.36 Å². The third kappa shape index (κ3) is 6.57. The maximum absolute atomic E-state index is 14.4. The van der Waals surface area contributed by atoms with Gasteiger partial charge in [-0.1, -0.05) is 0 Å². The predicted octanol–water partition coefficient (Wildman–Crippen LogP) is 5.12. The van der Waals surface area contributed by atoms with Crippen LogP contribution in [0.3, 0.4) is 0 Å². The molecule has 14 heteroatoms. The van der Waals surface area contributed by atoms with Crippen LogP contribution in [0.25, 0.3) is 16.9 Å². The van der Waals surface area contributed by atoms with Crippen molar-refractivity contribution >= 4 is 23.3 Å². The highest BCUT2D eigenvalue weighted by molar-refractivity contribution is 5.97. The van der Waals surface area contributed by atoms with Crippen molar-refractivity contribution in [1.82, 2.24) is 24.9 Å². The molecule has 3 aromatic heterocycles. The van der Waals surface area contributed by atoms with Gasteiger partial charge in [0.2, 0.25) is 5.91 Å². The number of anilines is 1. The summed E-state index contributed by atoms with van der Waals surface area (Å²) in [6, 6.07) is 8.22. The van der Waals surface area contributed by atoms with Crippen LogP contribution >= 0.6 is 0 Å². The van der Waals surface area contributed by atoms with E-state index in [9.17, 15) is 27.2 Å². The Morgan fingerprint density at radius 1 is 1.15 bits per heavy atom. The van der Waals surface area contributed by atoms with Crippen molar-refractivity contribution in [3.63, 3.8) is 0 Å². The van der Waals surface area contributed by atoms with Crippen molar-refractivity contribution < 1.29 is 31.9 Å². The van der Waals surface area contributed by atoms with Crippen LogP contribution in [0.15, 0.2) is 48.8 Å². The van der Waals surface area contributed by atoms with Gasteiger partial charge in [-0.25, -0.2) is 13.9 Å². The van der Waals surface area contributed by atoms with Gasteiger partial charge in [0, 0.05) is 17.3 Å². The monoisotopic (exact) mass is 569 g/mol. The fraction of sp³-hybridized carbons (Fsp3) is 0.259. The second kappa shape index (κ2) is 10.8. The Morgan fingerprint density at radius 3 is 2.56 bits per heavy atom. The molecule has 0 spiro atoms. The quantitative estimate of drug-likeness (QED) is 0.295. The van der Waals surface area contributed by atoms with Gasteiger partial charge in [0.05, 0.1) is 35.3 Å². The molecular formula is C27H23F4N7O3.